The lowest BCUT2D eigenvalue weighted by Crippen LogP contribution is -2.31. The van der Waals surface area contributed by atoms with Gasteiger partial charge in [-0.25, -0.2) is 4.99 Å². The first-order chi connectivity index (χ1) is 7.15. The van der Waals surface area contributed by atoms with Gasteiger partial charge in [-0.15, -0.1) is 30.6 Å². The number of hydrogen-bond donors (Lipinski definition) is 2. The zero-order valence-corrected chi connectivity index (χ0v) is 11.8. The molecule has 0 bridgehead atoms. The van der Waals surface area contributed by atoms with E-state index < -0.39 is 0 Å². The second kappa shape index (κ2) is 7.26. The van der Waals surface area contributed by atoms with Gasteiger partial charge in [0.25, 0.3) is 0 Å². The highest BCUT2D eigenvalue weighted by atomic mass is 127. The summed E-state index contributed by atoms with van der Waals surface area (Å²) in [6.07, 6.45) is 1.72. The van der Waals surface area contributed by atoms with E-state index >= 15 is 0 Å². The van der Waals surface area contributed by atoms with Gasteiger partial charge in [-0.2, -0.15) is 0 Å². The number of guanidine groups is 1. The van der Waals surface area contributed by atoms with Gasteiger partial charge in [-0.3, -0.25) is 0 Å². The van der Waals surface area contributed by atoms with Crippen molar-refractivity contribution in [2.45, 2.75) is 20.4 Å². The third-order valence-electron chi connectivity index (χ3n) is 2.02. The molecular weight excluding hydrogens is 319 g/mol. The van der Waals surface area contributed by atoms with Crippen LogP contribution in [0.3, 0.4) is 0 Å². The predicted molar refractivity (Wildman–Crippen MR) is 74.9 cm³/mol. The number of halogens is 1. The first-order valence-corrected chi connectivity index (χ1v) is 4.71. The molecule has 0 amide bonds. The topological polar surface area (TPSA) is 76.4 Å². The molecule has 0 atom stereocenters. The summed E-state index contributed by atoms with van der Waals surface area (Å²) in [7, 11) is 0. The Labute approximate surface area is 112 Å². The van der Waals surface area contributed by atoms with Gasteiger partial charge in [0.1, 0.15) is 5.76 Å². The van der Waals surface area contributed by atoms with E-state index in [1.165, 1.54) is 0 Å². The molecule has 16 heavy (non-hydrogen) atoms. The van der Waals surface area contributed by atoms with Gasteiger partial charge in [-0.05, 0) is 13.8 Å². The molecule has 0 aliphatic rings. The van der Waals surface area contributed by atoms with Crippen LogP contribution >= 0.6 is 24.0 Å². The first-order valence-electron chi connectivity index (χ1n) is 4.71. The van der Waals surface area contributed by atoms with E-state index in [0.29, 0.717) is 19.0 Å². The van der Waals surface area contributed by atoms with Crippen LogP contribution in [0.1, 0.15) is 17.0 Å². The van der Waals surface area contributed by atoms with E-state index in [0.717, 1.165) is 17.0 Å². The molecule has 90 valence electrons. The van der Waals surface area contributed by atoms with Crippen LogP contribution in [0.15, 0.2) is 22.2 Å². The molecule has 0 fully saturated rings. The quantitative estimate of drug-likeness (QED) is 0.378. The third kappa shape index (κ3) is 4.21. The van der Waals surface area contributed by atoms with Crippen molar-refractivity contribution in [3.63, 3.8) is 0 Å². The normalized spacial score (nSPS) is 10.8. The first kappa shape index (κ1) is 14.9. The molecule has 6 heteroatoms. The van der Waals surface area contributed by atoms with Crippen molar-refractivity contribution in [1.29, 1.82) is 0 Å². The molecule has 0 saturated heterocycles. The number of aryl methyl sites for hydroxylation is 2. The van der Waals surface area contributed by atoms with E-state index in [4.69, 9.17) is 10.3 Å². The lowest BCUT2D eigenvalue weighted by Gasteiger charge is -2.01. The molecule has 3 N–H and O–H groups in total. The molecule has 0 saturated carbocycles. The van der Waals surface area contributed by atoms with Crippen molar-refractivity contribution < 1.29 is 4.52 Å². The van der Waals surface area contributed by atoms with Gasteiger partial charge in [0, 0.05) is 12.1 Å². The maximum atomic E-state index is 5.62. The summed E-state index contributed by atoms with van der Waals surface area (Å²) in [5.74, 6) is 1.18. The summed E-state index contributed by atoms with van der Waals surface area (Å²) >= 11 is 0. The van der Waals surface area contributed by atoms with E-state index in [-0.39, 0.29) is 24.0 Å². The Bertz CT molecular complexity index is 353. The Morgan fingerprint density at radius 1 is 1.62 bits per heavy atom. The molecule has 5 nitrogen and oxygen atoms in total. The second-order valence-corrected chi connectivity index (χ2v) is 3.17. The molecule has 0 aliphatic heterocycles. The molecule has 0 unspecified atom stereocenters. The minimum absolute atomic E-state index is 0. The molecule has 1 aromatic heterocycles. The van der Waals surface area contributed by atoms with Crippen molar-refractivity contribution in [2.75, 3.05) is 6.54 Å². The Morgan fingerprint density at radius 2 is 2.31 bits per heavy atom. The Kier molecular flexibility index (Phi) is 6.78. The van der Waals surface area contributed by atoms with Crippen LogP contribution in [-0.2, 0) is 6.54 Å². The maximum Gasteiger partial charge on any atom is 0.189 e. The van der Waals surface area contributed by atoms with Crippen LogP contribution < -0.4 is 11.1 Å². The number of nitrogens with one attached hydrogen (secondary N) is 1. The zero-order valence-electron chi connectivity index (χ0n) is 9.49. The predicted octanol–water partition coefficient (Wildman–Crippen LogP) is 1.50. The van der Waals surface area contributed by atoms with Crippen LogP contribution in [-0.4, -0.2) is 17.7 Å². The van der Waals surface area contributed by atoms with Crippen LogP contribution in [0.5, 0.6) is 0 Å². The molecule has 1 heterocycles. The van der Waals surface area contributed by atoms with Gasteiger partial charge >= 0.3 is 0 Å². The Balaban J connectivity index is 0.00000225. The van der Waals surface area contributed by atoms with Gasteiger partial charge in [0.2, 0.25) is 0 Å². The highest BCUT2D eigenvalue weighted by molar-refractivity contribution is 14.0. The maximum absolute atomic E-state index is 5.62. The number of hydrogen-bond acceptors (Lipinski definition) is 3. The van der Waals surface area contributed by atoms with Crippen molar-refractivity contribution in [2.24, 2.45) is 10.7 Å². The summed E-state index contributed by atoms with van der Waals surface area (Å²) in [6, 6.07) is 0. The molecule has 1 aromatic rings. The number of rotatable bonds is 4. The number of aliphatic imine (C=N–C) groups is 1. The van der Waals surface area contributed by atoms with Crippen molar-refractivity contribution >= 4 is 29.9 Å². The fourth-order valence-corrected chi connectivity index (χ4v) is 1.12. The number of nitrogens with two attached hydrogens (primary N) is 1. The minimum atomic E-state index is 0. The molecular formula is C10H17IN4O. The molecule has 1 rings (SSSR count). The van der Waals surface area contributed by atoms with Gasteiger partial charge in [0.15, 0.2) is 5.96 Å². The summed E-state index contributed by atoms with van der Waals surface area (Å²) in [5.41, 5.74) is 7.46. The number of nitrogens with zero attached hydrogens (tertiary/aromatic N) is 2. The fraction of sp³-hybridized carbons (Fsp3) is 0.400. The Morgan fingerprint density at radius 3 is 2.81 bits per heavy atom. The van der Waals surface area contributed by atoms with Crippen molar-refractivity contribution in [3.8, 4) is 0 Å². The van der Waals surface area contributed by atoms with Crippen molar-refractivity contribution in [1.82, 2.24) is 10.5 Å². The monoisotopic (exact) mass is 336 g/mol. The summed E-state index contributed by atoms with van der Waals surface area (Å²) in [4.78, 5) is 4.16. The van der Waals surface area contributed by atoms with Gasteiger partial charge in [-0.1, -0.05) is 11.2 Å². The van der Waals surface area contributed by atoms with E-state index in [9.17, 15) is 0 Å². The summed E-state index contributed by atoms with van der Waals surface area (Å²) in [5, 5.41) is 6.73. The summed E-state index contributed by atoms with van der Waals surface area (Å²) < 4.78 is 5.01. The smallest absolute Gasteiger partial charge is 0.189 e. The van der Waals surface area contributed by atoms with Crippen LogP contribution in [0, 0.1) is 13.8 Å². The van der Waals surface area contributed by atoms with Crippen LogP contribution in [0.25, 0.3) is 0 Å². The molecule has 0 aromatic carbocycles. The Hall–Kier alpha value is -1.05. The van der Waals surface area contributed by atoms with Crippen molar-refractivity contribution in [3.05, 3.63) is 29.7 Å². The fourth-order valence-electron chi connectivity index (χ4n) is 1.12. The number of aromatic nitrogens is 1. The van der Waals surface area contributed by atoms with Crippen LogP contribution in [0.2, 0.25) is 0 Å². The third-order valence-corrected chi connectivity index (χ3v) is 2.02. The van der Waals surface area contributed by atoms with E-state index in [2.05, 4.69) is 22.0 Å². The van der Waals surface area contributed by atoms with Gasteiger partial charge < -0.3 is 15.6 Å². The lowest BCUT2D eigenvalue weighted by molar-refractivity contribution is 0.392. The largest absolute Gasteiger partial charge is 0.370 e. The van der Waals surface area contributed by atoms with Gasteiger partial charge in [0.05, 0.1) is 12.2 Å². The minimum Gasteiger partial charge on any atom is -0.370 e. The second-order valence-electron chi connectivity index (χ2n) is 3.17. The molecule has 0 aliphatic carbocycles. The average Bonchev–Trinajstić information content (AvgIpc) is 2.53. The van der Waals surface area contributed by atoms with Crippen LogP contribution in [0.4, 0.5) is 0 Å². The average molecular weight is 336 g/mol. The molecule has 0 radical (unpaired) electrons. The highest BCUT2D eigenvalue weighted by Crippen LogP contribution is 2.12. The highest BCUT2D eigenvalue weighted by Gasteiger charge is 2.07. The SMILES string of the molecule is C=CCNC(N)=NCc1c(C)noc1C.I. The van der Waals surface area contributed by atoms with E-state index in [1.807, 2.05) is 13.8 Å². The lowest BCUT2D eigenvalue weighted by atomic mass is 10.2. The zero-order chi connectivity index (χ0) is 11.3. The molecule has 0 spiro atoms. The van der Waals surface area contributed by atoms with E-state index in [1.54, 1.807) is 6.08 Å². The standard InChI is InChI=1S/C10H16N4O.HI/c1-4-5-12-10(11)13-6-9-7(2)14-15-8(9)3;/h4H,1,5-6H2,2-3H3,(H3,11,12,13);1H. The summed E-state index contributed by atoms with van der Waals surface area (Å²) in [6.45, 7) is 8.41.